The van der Waals surface area contributed by atoms with Gasteiger partial charge >= 0.3 is 6.09 Å². The lowest BCUT2D eigenvalue weighted by atomic mass is 9.72. The molecule has 216 valence electrons. The van der Waals surface area contributed by atoms with Gasteiger partial charge in [0.1, 0.15) is 17.5 Å². The number of pyridine rings is 1. The van der Waals surface area contributed by atoms with Crippen molar-refractivity contribution in [2.24, 2.45) is 11.7 Å². The molecule has 41 heavy (non-hydrogen) atoms. The van der Waals surface area contributed by atoms with Gasteiger partial charge in [-0.3, -0.25) is 4.98 Å². The Hall–Kier alpha value is -3.96. The number of alkyl carbamates (subject to hydrolysis) is 1. The van der Waals surface area contributed by atoms with Crippen LogP contribution in [0, 0.1) is 17.6 Å². The van der Waals surface area contributed by atoms with Gasteiger partial charge in [0.05, 0.1) is 35.7 Å². The number of carbonyl (C=O) groups is 1. The molecule has 0 radical (unpaired) electrons. The Labute approximate surface area is 236 Å². The topological polar surface area (TPSA) is 128 Å². The number of nitrogens with zero attached hydrogens (tertiary/aromatic N) is 4. The number of rotatable bonds is 6. The molecule has 0 bridgehead atoms. The fourth-order valence-corrected chi connectivity index (χ4v) is 5.80. The van der Waals surface area contributed by atoms with Crippen molar-refractivity contribution >= 4 is 11.6 Å². The monoisotopic (exact) mass is 564 g/mol. The van der Waals surface area contributed by atoms with Crippen molar-refractivity contribution < 1.29 is 23.4 Å². The number of benzene rings is 1. The van der Waals surface area contributed by atoms with Crippen LogP contribution in [0.5, 0.6) is 0 Å². The fraction of sp³-hybridized carbons (Fsp3) is 0.400. The highest BCUT2D eigenvalue weighted by Crippen LogP contribution is 2.38. The Morgan fingerprint density at radius 3 is 2.59 bits per heavy atom. The summed E-state index contributed by atoms with van der Waals surface area (Å²) in [6.07, 6.45) is 6.57. The van der Waals surface area contributed by atoms with E-state index >= 15 is 8.78 Å². The van der Waals surface area contributed by atoms with Crippen molar-refractivity contribution in [1.29, 1.82) is 0 Å². The molecular weight excluding hydrogens is 530 g/mol. The van der Waals surface area contributed by atoms with Gasteiger partial charge in [0.2, 0.25) is 0 Å². The molecule has 4 aromatic rings. The van der Waals surface area contributed by atoms with E-state index in [0.29, 0.717) is 24.2 Å². The van der Waals surface area contributed by atoms with Crippen LogP contribution in [0.15, 0.2) is 48.9 Å². The number of aliphatic hydroxyl groups is 1. The molecule has 0 unspecified atom stereocenters. The quantitative estimate of drug-likeness (QED) is 0.316. The van der Waals surface area contributed by atoms with E-state index in [0.717, 1.165) is 29.7 Å². The van der Waals surface area contributed by atoms with Crippen LogP contribution in [0.2, 0.25) is 0 Å². The van der Waals surface area contributed by atoms with Crippen molar-refractivity contribution in [3.8, 4) is 11.3 Å². The van der Waals surface area contributed by atoms with Gasteiger partial charge in [-0.25, -0.2) is 23.1 Å². The number of halogens is 2. The largest absolute Gasteiger partial charge is 0.453 e. The summed E-state index contributed by atoms with van der Waals surface area (Å²) in [5.41, 5.74) is 7.78. The lowest BCUT2D eigenvalue weighted by Crippen LogP contribution is -2.54. The minimum atomic E-state index is -1.39. The zero-order valence-corrected chi connectivity index (χ0v) is 23.4. The fourth-order valence-electron chi connectivity index (χ4n) is 5.80. The van der Waals surface area contributed by atoms with Gasteiger partial charge in [-0.1, -0.05) is 6.92 Å². The van der Waals surface area contributed by atoms with Crippen molar-refractivity contribution in [1.82, 2.24) is 24.9 Å². The van der Waals surface area contributed by atoms with Gasteiger partial charge in [-0.2, -0.15) is 5.10 Å². The first-order chi connectivity index (χ1) is 19.5. The lowest BCUT2D eigenvalue weighted by Gasteiger charge is -2.39. The van der Waals surface area contributed by atoms with Crippen LogP contribution in [-0.4, -0.2) is 50.0 Å². The Kier molecular flexibility index (Phi) is 7.76. The van der Waals surface area contributed by atoms with E-state index in [4.69, 9.17) is 10.5 Å². The molecule has 1 aliphatic carbocycles. The van der Waals surface area contributed by atoms with E-state index in [9.17, 15) is 9.90 Å². The molecule has 0 saturated heterocycles. The van der Waals surface area contributed by atoms with E-state index in [1.807, 2.05) is 6.07 Å². The van der Waals surface area contributed by atoms with Crippen LogP contribution in [0.25, 0.3) is 16.8 Å². The molecule has 0 spiro atoms. The second kappa shape index (κ2) is 11.1. The van der Waals surface area contributed by atoms with Gasteiger partial charge in [0.25, 0.3) is 0 Å². The summed E-state index contributed by atoms with van der Waals surface area (Å²) in [6, 6.07) is 7.04. The lowest BCUT2D eigenvalue weighted by molar-refractivity contribution is 0.0779. The third-order valence-electron chi connectivity index (χ3n) is 7.95. The van der Waals surface area contributed by atoms with Crippen LogP contribution in [0.1, 0.15) is 62.0 Å². The van der Waals surface area contributed by atoms with Crippen molar-refractivity contribution in [3.63, 3.8) is 0 Å². The third kappa shape index (κ3) is 5.77. The third-order valence-corrected chi connectivity index (χ3v) is 7.95. The van der Waals surface area contributed by atoms with E-state index in [1.54, 1.807) is 35.2 Å². The van der Waals surface area contributed by atoms with Gasteiger partial charge in [0.15, 0.2) is 0 Å². The zero-order valence-electron chi connectivity index (χ0n) is 23.4. The minimum Gasteiger partial charge on any atom is -0.453 e. The standard InChI is InChI=1S/C30H34F2N6O3/c1-16-9-17(10-24(33)28(16)36-29(39)41-4)21-7-8-34-14-18(21)11-26-35-15-20-5-6-25(37-38(20)26)27-22(31)12-19(13-23(27)32)30(2,3)40/h5-8,12-17,24,28,40H,9-11,33H2,1-4H3,(H,36,39)/t16-,17+,24+,28-/m0/s1. The number of nitrogens with two attached hydrogens (primary N) is 1. The summed E-state index contributed by atoms with van der Waals surface area (Å²) >= 11 is 0. The van der Waals surface area contributed by atoms with Gasteiger partial charge in [-0.15, -0.1) is 0 Å². The highest BCUT2D eigenvalue weighted by Gasteiger charge is 2.36. The normalized spacial score (nSPS) is 21.2. The maximum atomic E-state index is 15.1. The first-order valence-corrected chi connectivity index (χ1v) is 13.5. The molecule has 4 N–H and O–H groups in total. The van der Waals surface area contributed by atoms with E-state index in [-0.39, 0.29) is 40.7 Å². The van der Waals surface area contributed by atoms with E-state index in [1.165, 1.54) is 21.0 Å². The molecule has 1 aliphatic rings. The summed E-state index contributed by atoms with van der Waals surface area (Å²) in [6.45, 7) is 5.00. The second-order valence-electron chi connectivity index (χ2n) is 11.3. The average Bonchev–Trinajstić information content (AvgIpc) is 3.31. The number of aromatic nitrogens is 4. The van der Waals surface area contributed by atoms with Crippen LogP contribution in [0.4, 0.5) is 13.6 Å². The maximum absolute atomic E-state index is 15.1. The zero-order chi connectivity index (χ0) is 29.5. The number of nitrogens with one attached hydrogen (secondary N) is 1. The number of carbonyl (C=O) groups excluding carboxylic acids is 1. The molecule has 1 saturated carbocycles. The van der Waals surface area contributed by atoms with Crippen molar-refractivity contribution in [3.05, 3.63) is 83.1 Å². The number of methoxy groups -OCH3 is 1. The molecule has 3 heterocycles. The van der Waals surface area contributed by atoms with E-state index in [2.05, 4.69) is 27.3 Å². The molecule has 4 atom stereocenters. The summed E-state index contributed by atoms with van der Waals surface area (Å²) in [5, 5.41) is 17.6. The average molecular weight is 565 g/mol. The molecular formula is C30H34F2N6O3. The van der Waals surface area contributed by atoms with Crippen LogP contribution in [0.3, 0.4) is 0 Å². The number of hydrogen-bond donors (Lipinski definition) is 3. The van der Waals surface area contributed by atoms with E-state index < -0.39 is 23.3 Å². The predicted molar refractivity (Wildman–Crippen MR) is 149 cm³/mol. The second-order valence-corrected chi connectivity index (χ2v) is 11.3. The van der Waals surface area contributed by atoms with Gasteiger partial charge in [-0.05, 0) is 85.5 Å². The van der Waals surface area contributed by atoms with Crippen LogP contribution in [-0.2, 0) is 16.8 Å². The number of ether oxygens (including phenoxy) is 1. The molecule has 3 aromatic heterocycles. The molecule has 5 rings (SSSR count). The molecule has 9 nitrogen and oxygen atoms in total. The molecule has 1 aromatic carbocycles. The molecule has 1 amide bonds. The number of imidazole rings is 1. The Balaban J connectivity index is 1.44. The highest BCUT2D eigenvalue weighted by molar-refractivity contribution is 5.67. The van der Waals surface area contributed by atoms with Crippen molar-refractivity contribution in [2.75, 3.05) is 7.11 Å². The molecule has 1 fully saturated rings. The van der Waals surface area contributed by atoms with Crippen molar-refractivity contribution in [2.45, 2.75) is 63.6 Å². The Morgan fingerprint density at radius 1 is 1.20 bits per heavy atom. The molecule has 0 aliphatic heterocycles. The summed E-state index contributed by atoms with van der Waals surface area (Å²) in [7, 11) is 1.33. The Morgan fingerprint density at radius 2 is 1.93 bits per heavy atom. The Bertz CT molecular complexity index is 1550. The highest BCUT2D eigenvalue weighted by atomic mass is 19.1. The number of amides is 1. The van der Waals surface area contributed by atoms with Crippen LogP contribution < -0.4 is 11.1 Å². The minimum absolute atomic E-state index is 0.108. The van der Waals surface area contributed by atoms with Gasteiger partial charge in [0, 0.05) is 30.9 Å². The predicted octanol–water partition coefficient (Wildman–Crippen LogP) is 4.45. The summed E-state index contributed by atoms with van der Waals surface area (Å²) in [4.78, 5) is 20.7. The summed E-state index contributed by atoms with van der Waals surface area (Å²) < 4.78 is 36.5. The first kappa shape index (κ1) is 28.6. The maximum Gasteiger partial charge on any atom is 0.407 e. The van der Waals surface area contributed by atoms with Crippen LogP contribution >= 0.6 is 0 Å². The smallest absolute Gasteiger partial charge is 0.407 e. The first-order valence-electron chi connectivity index (χ1n) is 13.5. The number of hydrogen-bond acceptors (Lipinski definition) is 7. The molecule has 11 heteroatoms. The van der Waals surface area contributed by atoms with Gasteiger partial charge < -0.3 is 20.9 Å². The summed E-state index contributed by atoms with van der Waals surface area (Å²) in [5.74, 6) is -0.779. The number of fused-ring (bicyclic) bond motifs is 1. The SMILES string of the molecule is COC(=O)N[C@@H]1[C@H](N)C[C@H](c2ccncc2Cc2ncc3ccc(-c4c(F)cc(C(C)(C)O)cc4F)nn23)C[C@@H]1C.